The molecule has 2 aromatic rings. The highest BCUT2D eigenvalue weighted by atomic mass is 32.1. The second-order valence-corrected chi connectivity index (χ2v) is 6.79. The molecule has 5 nitrogen and oxygen atoms in total. The summed E-state index contributed by atoms with van der Waals surface area (Å²) < 4.78 is 0. The molecular weight excluding hydrogens is 332 g/mol. The number of guanidine groups is 1. The van der Waals surface area contributed by atoms with E-state index in [0.29, 0.717) is 19.0 Å². The monoisotopic (exact) mass is 358 g/mol. The first kappa shape index (κ1) is 19.0. The zero-order chi connectivity index (χ0) is 17.9. The van der Waals surface area contributed by atoms with Gasteiger partial charge in [-0.2, -0.15) is 0 Å². The van der Waals surface area contributed by atoms with Crippen molar-refractivity contribution in [2.24, 2.45) is 4.99 Å². The fraction of sp³-hybridized carbons (Fsp3) is 0.368. The SMILES string of the molecule is CCNC(=NCC(=O)NCc1ccccc1)NCc1ccc(CC)s1. The van der Waals surface area contributed by atoms with Crippen LogP contribution in [0.1, 0.15) is 29.2 Å². The number of aryl methyl sites for hydroxylation is 1. The highest BCUT2D eigenvalue weighted by Crippen LogP contribution is 2.16. The number of amides is 1. The van der Waals surface area contributed by atoms with Gasteiger partial charge in [-0.15, -0.1) is 11.3 Å². The van der Waals surface area contributed by atoms with Gasteiger partial charge in [0.15, 0.2) is 5.96 Å². The summed E-state index contributed by atoms with van der Waals surface area (Å²) in [6, 6.07) is 14.1. The van der Waals surface area contributed by atoms with Crippen LogP contribution in [0.25, 0.3) is 0 Å². The molecule has 0 saturated heterocycles. The molecule has 0 aliphatic rings. The number of thiophene rings is 1. The molecule has 0 spiro atoms. The molecule has 1 amide bonds. The van der Waals surface area contributed by atoms with Crippen LogP contribution in [0.4, 0.5) is 0 Å². The van der Waals surface area contributed by atoms with Gasteiger partial charge in [0, 0.05) is 22.8 Å². The topological polar surface area (TPSA) is 65.5 Å². The van der Waals surface area contributed by atoms with Crippen LogP contribution in [0.5, 0.6) is 0 Å². The first-order valence-electron chi connectivity index (χ1n) is 8.61. The first-order chi connectivity index (χ1) is 12.2. The van der Waals surface area contributed by atoms with E-state index in [2.05, 4.69) is 40.0 Å². The Kier molecular flexibility index (Phi) is 7.98. The zero-order valence-corrected chi connectivity index (χ0v) is 15.7. The molecule has 0 unspecified atom stereocenters. The van der Waals surface area contributed by atoms with Crippen molar-refractivity contribution < 1.29 is 4.79 Å². The fourth-order valence-corrected chi connectivity index (χ4v) is 3.12. The average Bonchev–Trinajstić information content (AvgIpc) is 3.11. The Bertz CT molecular complexity index is 682. The molecule has 1 heterocycles. The van der Waals surface area contributed by atoms with Crippen molar-refractivity contribution >= 4 is 23.2 Å². The van der Waals surface area contributed by atoms with E-state index in [-0.39, 0.29) is 12.5 Å². The van der Waals surface area contributed by atoms with Crippen molar-refractivity contribution in [2.45, 2.75) is 33.4 Å². The summed E-state index contributed by atoms with van der Waals surface area (Å²) in [5, 5.41) is 9.32. The van der Waals surface area contributed by atoms with Gasteiger partial charge in [-0.3, -0.25) is 4.79 Å². The third kappa shape index (κ3) is 6.97. The Labute approximate surface area is 153 Å². The van der Waals surface area contributed by atoms with E-state index in [4.69, 9.17) is 0 Å². The van der Waals surface area contributed by atoms with Crippen LogP contribution in [0.2, 0.25) is 0 Å². The Morgan fingerprint density at radius 2 is 1.72 bits per heavy atom. The molecule has 1 aromatic heterocycles. The predicted molar refractivity (Wildman–Crippen MR) is 105 cm³/mol. The molecule has 0 fully saturated rings. The number of carbonyl (C=O) groups is 1. The van der Waals surface area contributed by atoms with Gasteiger partial charge in [0.25, 0.3) is 0 Å². The van der Waals surface area contributed by atoms with E-state index < -0.39 is 0 Å². The van der Waals surface area contributed by atoms with Crippen LogP contribution >= 0.6 is 11.3 Å². The van der Waals surface area contributed by atoms with Gasteiger partial charge in [0.05, 0.1) is 6.54 Å². The van der Waals surface area contributed by atoms with E-state index in [1.807, 2.05) is 37.3 Å². The number of rotatable bonds is 8. The number of aliphatic imine (C=N–C) groups is 1. The molecule has 0 radical (unpaired) electrons. The van der Waals surface area contributed by atoms with Crippen molar-refractivity contribution in [2.75, 3.05) is 13.1 Å². The molecule has 0 aliphatic carbocycles. The molecule has 3 N–H and O–H groups in total. The second-order valence-electron chi connectivity index (χ2n) is 5.53. The molecule has 25 heavy (non-hydrogen) atoms. The predicted octanol–water partition coefficient (Wildman–Crippen LogP) is 2.68. The van der Waals surface area contributed by atoms with Crippen molar-refractivity contribution in [3.05, 3.63) is 57.8 Å². The maximum atomic E-state index is 12.0. The molecule has 2 rings (SSSR count). The molecule has 0 atom stereocenters. The normalized spacial score (nSPS) is 11.2. The zero-order valence-electron chi connectivity index (χ0n) is 14.8. The minimum Gasteiger partial charge on any atom is -0.357 e. The molecule has 0 aliphatic heterocycles. The lowest BCUT2D eigenvalue weighted by Crippen LogP contribution is -2.38. The second kappa shape index (κ2) is 10.5. The summed E-state index contributed by atoms with van der Waals surface area (Å²) >= 11 is 1.80. The van der Waals surface area contributed by atoms with Crippen molar-refractivity contribution in [3.8, 4) is 0 Å². The summed E-state index contributed by atoms with van der Waals surface area (Å²) in [5.41, 5.74) is 1.08. The minimum absolute atomic E-state index is 0.0922. The van der Waals surface area contributed by atoms with Crippen LogP contribution in [-0.2, 0) is 24.3 Å². The lowest BCUT2D eigenvalue weighted by molar-refractivity contribution is -0.119. The Morgan fingerprint density at radius 1 is 0.960 bits per heavy atom. The van der Waals surface area contributed by atoms with Gasteiger partial charge < -0.3 is 16.0 Å². The molecule has 6 heteroatoms. The molecular formula is C19H26N4OS. The van der Waals surface area contributed by atoms with Gasteiger partial charge in [0.2, 0.25) is 5.91 Å². The van der Waals surface area contributed by atoms with Gasteiger partial charge in [-0.25, -0.2) is 4.99 Å². The number of nitrogens with zero attached hydrogens (tertiary/aromatic N) is 1. The maximum absolute atomic E-state index is 12.0. The van der Waals surface area contributed by atoms with E-state index >= 15 is 0 Å². The maximum Gasteiger partial charge on any atom is 0.242 e. The summed E-state index contributed by atoms with van der Waals surface area (Å²) in [6.07, 6.45) is 1.06. The third-order valence-corrected chi connectivity index (χ3v) is 4.78. The van der Waals surface area contributed by atoms with Crippen LogP contribution in [-0.4, -0.2) is 25.0 Å². The van der Waals surface area contributed by atoms with Crippen LogP contribution < -0.4 is 16.0 Å². The number of hydrogen-bond donors (Lipinski definition) is 3. The van der Waals surface area contributed by atoms with E-state index in [9.17, 15) is 4.79 Å². The molecule has 134 valence electrons. The number of benzene rings is 1. The largest absolute Gasteiger partial charge is 0.357 e. The summed E-state index contributed by atoms with van der Waals surface area (Å²) in [4.78, 5) is 19.0. The Hall–Kier alpha value is -2.34. The van der Waals surface area contributed by atoms with Crippen LogP contribution in [0.15, 0.2) is 47.5 Å². The van der Waals surface area contributed by atoms with Crippen molar-refractivity contribution in [3.63, 3.8) is 0 Å². The highest BCUT2D eigenvalue weighted by Gasteiger charge is 2.04. The standard InChI is InChI=1S/C19H26N4OS/c1-3-16-10-11-17(25-16)13-22-19(20-4-2)23-14-18(24)21-12-15-8-6-5-7-9-15/h5-11H,3-4,12-14H2,1-2H3,(H,21,24)(H2,20,22,23). The van der Waals surface area contributed by atoms with Gasteiger partial charge in [0.1, 0.15) is 6.54 Å². The number of hydrogen-bond acceptors (Lipinski definition) is 3. The molecule has 0 saturated carbocycles. The molecule has 1 aromatic carbocycles. The summed E-state index contributed by atoms with van der Waals surface area (Å²) in [5.74, 6) is 0.564. The smallest absolute Gasteiger partial charge is 0.242 e. The van der Waals surface area contributed by atoms with Gasteiger partial charge in [-0.1, -0.05) is 37.3 Å². The number of nitrogens with one attached hydrogen (secondary N) is 3. The van der Waals surface area contributed by atoms with E-state index in [1.54, 1.807) is 11.3 Å². The van der Waals surface area contributed by atoms with E-state index in [1.165, 1.54) is 9.75 Å². The summed E-state index contributed by atoms with van der Waals surface area (Å²) in [7, 11) is 0. The average molecular weight is 359 g/mol. The first-order valence-corrected chi connectivity index (χ1v) is 9.43. The van der Waals surface area contributed by atoms with Crippen molar-refractivity contribution in [1.29, 1.82) is 0 Å². The quantitative estimate of drug-likeness (QED) is 0.502. The van der Waals surface area contributed by atoms with Crippen LogP contribution in [0, 0.1) is 0 Å². The lowest BCUT2D eigenvalue weighted by Gasteiger charge is -2.10. The van der Waals surface area contributed by atoms with Gasteiger partial charge in [-0.05, 0) is 31.0 Å². The van der Waals surface area contributed by atoms with E-state index in [0.717, 1.165) is 18.5 Å². The highest BCUT2D eigenvalue weighted by molar-refractivity contribution is 7.11. The molecule has 0 bridgehead atoms. The fourth-order valence-electron chi connectivity index (χ4n) is 2.22. The number of carbonyl (C=O) groups excluding carboxylic acids is 1. The Morgan fingerprint density at radius 3 is 2.40 bits per heavy atom. The summed E-state index contributed by atoms with van der Waals surface area (Å²) in [6.45, 7) is 6.25. The minimum atomic E-state index is -0.0922. The third-order valence-electron chi connectivity index (χ3n) is 3.55. The van der Waals surface area contributed by atoms with Gasteiger partial charge >= 0.3 is 0 Å². The Balaban J connectivity index is 1.80. The lowest BCUT2D eigenvalue weighted by atomic mass is 10.2. The van der Waals surface area contributed by atoms with Crippen molar-refractivity contribution in [1.82, 2.24) is 16.0 Å². The van der Waals surface area contributed by atoms with Crippen LogP contribution in [0.3, 0.4) is 0 Å².